The Kier molecular flexibility index (Phi) is 3.84. The first-order chi connectivity index (χ1) is 5.70. The van der Waals surface area contributed by atoms with Crippen LogP contribution in [-0.4, -0.2) is 24.4 Å². The average molecular weight is 410 g/mol. The molecule has 0 aliphatic carbocycles. The number of rotatable bonds is 2. The first-order valence-corrected chi connectivity index (χ1v) is 4.19. The first kappa shape index (κ1) is 12.0. The van der Waals surface area contributed by atoms with Gasteiger partial charge in [0.05, 0.1) is 12.2 Å². The third-order valence-electron chi connectivity index (χ3n) is 3.08. The van der Waals surface area contributed by atoms with Crippen LogP contribution in [0.2, 0.25) is 0 Å². The van der Waals surface area contributed by atoms with Crippen LogP contribution >= 0.6 is 0 Å². The Labute approximate surface area is 102 Å². The normalized spacial score (nSPS) is 44.5. The van der Waals surface area contributed by atoms with Crippen LogP contribution < -0.4 is 5.90 Å². The van der Waals surface area contributed by atoms with Crippen LogP contribution in [0.4, 0.5) is 0 Å². The monoisotopic (exact) mass is 410 g/mol. The predicted octanol–water partition coefficient (Wildman–Crippen LogP) is 0.231. The first-order valence-electron chi connectivity index (χ1n) is 4.19. The van der Waals surface area contributed by atoms with E-state index >= 15 is 0 Å². The molecule has 0 radical (unpaired) electrons. The van der Waals surface area contributed by atoms with Gasteiger partial charge in [-0.05, 0) is 18.9 Å². The van der Waals surface area contributed by atoms with Gasteiger partial charge in [0.25, 0.3) is 0 Å². The Bertz CT molecular complexity index is 182. The average Bonchev–Trinajstić information content (AvgIpc) is 2.60. The molecule has 2 bridgehead atoms. The van der Waals surface area contributed by atoms with Crippen molar-refractivity contribution in [2.45, 2.75) is 31.7 Å². The van der Waals surface area contributed by atoms with Gasteiger partial charge in [0.15, 0.2) is 0 Å². The van der Waals surface area contributed by atoms with Crippen molar-refractivity contribution in [3.05, 3.63) is 6.61 Å². The number of hydrogen-bond donors (Lipinski definition) is 1. The van der Waals surface area contributed by atoms with Crippen LogP contribution in [0.25, 0.3) is 0 Å². The van der Waals surface area contributed by atoms with E-state index in [0.29, 0.717) is 12.5 Å². The summed E-state index contributed by atoms with van der Waals surface area (Å²) >= 11 is 0. The quantitative estimate of drug-likeness (QED) is 0.524. The van der Waals surface area contributed by atoms with Gasteiger partial charge in [0, 0.05) is 31.1 Å². The van der Waals surface area contributed by atoms with E-state index in [4.69, 9.17) is 20.2 Å². The molecule has 2 saturated heterocycles. The standard InChI is InChI=1S/C8H14NO3.U/c1-5-7-3-11-8(5,4-10-7)6(2)12-9;/h3,5-7H,4,9H2,1-2H3;/q-1;/t5-,6?,7-,8-;/m0./s1. The predicted molar refractivity (Wildman–Crippen MR) is 41.8 cm³/mol. The Hall–Kier alpha value is 0.892. The maximum absolute atomic E-state index is 5.55. The SMILES string of the molecule is CC(ON)[C@@]12CO[C@@H]([CH-]O1)[C@@H]2C.[U]. The van der Waals surface area contributed by atoms with E-state index in [0.717, 1.165) is 0 Å². The zero-order chi connectivity index (χ0) is 8.77. The van der Waals surface area contributed by atoms with Gasteiger partial charge in [-0.1, -0.05) is 6.92 Å². The van der Waals surface area contributed by atoms with E-state index in [1.165, 1.54) is 0 Å². The summed E-state index contributed by atoms with van der Waals surface area (Å²) in [4.78, 5) is 4.80. The van der Waals surface area contributed by atoms with Crippen molar-refractivity contribution < 1.29 is 45.4 Å². The summed E-state index contributed by atoms with van der Waals surface area (Å²) < 4.78 is 11.0. The summed E-state index contributed by atoms with van der Waals surface area (Å²) in [7, 11) is 0. The van der Waals surface area contributed by atoms with Crippen LogP contribution in [0, 0.1) is 43.6 Å². The van der Waals surface area contributed by atoms with Crippen molar-refractivity contribution in [3.63, 3.8) is 0 Å². The number of hydrogen-bond acceptors (Lipinski definition) is 4. The second-order valence-electron chi connectivity index (χ2n) is 3.55. The molecule has 0 amide bonds. The second-order valence-corrected chi connectivity index (χ2v) is 3.55. The van der Waals surface area contributed by atoms with Crippen molar-refractivity contribution in [2.24, 2.45) is 11.8 Å². The molecule has 4 atom stereocenters. The Morgan fingerprint density at radius 1 is 1.69 bits per heavy atom. The molecule has 4 nitrogen and oxygen atoms in total. The van der Waals surface area contributed by atoms with E-state index in [2.05, 4.69) is 6.92 Å². The molecule has 2 aliphatic heterocycles. The molecular weight excluding hydrogens is 396 g/mol. The molecular formula is C8H14NO3U-. The van der Waals surface area contributed by atoms with Gasteiger partial charge in [-0.3, -0.25) is 4.84 Å². The molecule has 0 aromatic rings. The van der Waals surface area contributed by atoms with Crippen molar-refractivity contribution in [3.8, 4) is 0 Å². The molecule has 2 aliphatic rings. The molecule has 0 spiro atoms. The molecule has 13 heavy (non-hydrogen) atoms. The van der Waals surface area contributed by atoms with E-state index in [-0.39, 0.29) is 48.9 Å². The van der Waals surface area contributed by atoms with E-state index in [9.17, 15) is 0 Å². The Balaban J connectivity index is 0.000000845. The van der Waals surface area contributed by atoms with Crippen molar-refractivity contribution >= 4 is 0 Å². The minimum absolute atomic E-state index is 0. The van der Waals surface area contributed by atoms with Gasteiger partial charge in [-0.25, -0.2) is 5.90 Å². The number of nitrogens with two attached hydrogens (primary N) is 1. The largest absolute Gasteiger partial charge is 0.541 e. The summed E-state index contributed by atoms with van der Waals surface area (Å²) in [5, 5.41) is 0. The molecule has 0 aromatic carbocycles. The van der Waals surface area contributed by atoms with Crippen LogP contribution in [-0.2, 0) is 14.3 Å². The third kappa shape index (κ3) is 1.60. The second kappa shape index (κ2) is 4.18. The summed E-state index contributed by atoms with van der Waals surface area (Å²) in [6.45, 7) is 6.31. The van der Waals surface area contributed by atoms with Gasteiger partial charge in [0.1, 0.15) is 6.10 Å². The molecule has 74 valence electrons. The van der Waals surface area contributed by atoms with E-state index in [1.807, 2.05) is 6.92 Å². The van der Waals surface area contributed by atoms with E-state index in [1.54, 1.807) is 6.61 Å². The van der Waals surface area contributed by atoms with Crippen molar-refractivity contribution in [2.75, 3.05) is 6.61 Å². The molecule has 2 N–H and O–H groups in total. The maximum atomic E-state index is 5.55. The molecule has 2 heterocycles. The molecule has 5 heteroatoms. The van der Waals surface area contributed by atoms with Crippen LogP contribution in [0.1, 0.15) is 13.8 Å². The molecule has 0 aromatic heterocycles. The smallest absolute Gasteiger partial charge is 0.105 e. The number of ether oxygens (including phenoxy) is 2. The van der Waals surface area contributed by atoms with Gasteiger partial charge in [-0.15, -0.1) is 0 Å². The summed E-state index contributed by atoms with van der Waals surface area (Å²) in [5.41, 5.74) is -0.348. The number of fused-ring (bicyclic) bond motifs is 2. The van der Waals surface area contributed by atoms with Gasteiger partial charge < -0.3 is 9.47 Å². The minimum Gasteiger partial charge on any atom is -0.541 e. The topological polar surface area (TPSA) is 53.7 Å². The maximum Gasteiger partial charge on any atom is 0.105 e. The summed E-state index contributed by atoms with van der Waals surface area (Å²) in [6, 6.07) is 0. The zero-order valence-corrected chi connectivity index (χ0v) is 12.0. The van der Waals surface area contributed by atoms with Gasteiger partial charge in [0.2, 0.25) is 0 Å². The van der Waals surface area contributed by atoms with Crippen LogP contribution in [0.15, 0.2) is 0 Å². The molecule has 1 unspecified atom stereocenters. The fourth-order valence-corrected chi connectivity index (χ4v) is 1.97. The van der Waals surface area contributed by atoms with E-state index < -0.39 is 0 Å². The fourth-order valence-electron chi connectivity index (χ4n) is 1.97. The zero-order valence-electron chi connectivity index (χ0n) is 7.82. The van der Waals surface area contributed by atoms with Crippen LogP contribution in [0.3, 0.4) is 0 Å². The van der Waals surface area contributed by atoms with Gasteiger partial charge in [-0.2, -0.15) is 6.61 Å². The molecule has 0 saturated carbocycles. The van der Waals surface area contributed by atoms with Crippen LogP contribution in [0.5, 0.6) is 0 Å². The fraction of sp³-hybridized carbons (Fsp3) is 0.875. The summed E-state index contributed by atoms with van der Waals surface area (Å²) in [6.07, 6.45) is -0.0150. The molecule has 2 fully saturated rings. The van der Waals surface area contributed by atoms with Gasteiger partial charge >= 0.3 is 0 Å². The Morgan fingerprint density at radius 3 is 2.69 bits per heavy atom. The third-order valence-corrected chi connectivity index (χ3v) is 3.08. The van der Waals surface area contributed by atoms with Crippen molar-refractivity contribution in [1.82, 2.24) is 0 Å². The molecule has 2 rings (SSSR count). The Morgan fingerprint density at radius 2 is 2.38 bits per heavy atom. The minimum atomic E-state index is -0.348. The van der Waals surface area contributed by atoms with Crippen molar-refractivity contribution in [1.29, 1.82) is 0 Å². The summed E-state index contributed by atoms with van der Waals surface area (Å²) in [5.74, 6) is 5.47.